The molecular weight excluding hydrogens is 422 g/mol. The Hall–Kier alpha value is -3.01. The summed E-state index contributed by atoms with van der Waals surface area (Å²) < 4.78 is 11.3. The Labute approximate surface area is 203 Å². The van der Waals surface area contributed by atoms with Crippen molar-refractivity contribution in [2.75, 3.05) is 13.7 Å². The molecule has 4 rings (SSSR count). The van der Waals surface area contributed by atoms with E-state index in [1.165, 1.54) is 35.1 Å². The topological polar surface area (TPSA) is 51.5 Å². The van der Waals surface area contributed by atoms with E-state index in [1.807, 2.05) is 30.3 Å². The van der Waals surface area contributed by atoms with Crippen molar-refractivity contribution in [3.05, 3.63) is 87.9 Å². The van der Waals surface area contributed by atoms with Crippen LogP contribution in [-0.2, 0) is 23.7 Å². The summed E-state index contributed by atoms with van der Waals surface area (Å²) in [4.78, 5) is 12.6. The molecule has 0 atom stereocenters. The molecule has 3 aromatic rings. The third kappa shape index (κ3) is 4.91. The van der Waals surface area contributed by atoms with Gasteiger partial charge < -0.3 is 14.5 Å². The Morgan fingerprint density at radius 2 is 1.65 bits per heavy atom. The minimum atomic E-state index is -0.189. The molecule has 2 aromatic carbocycles. The van der Waals surface area contributed by atoms with E-state index < -0.39 is 0 Å². The molecule has 1 aromatic heterocycles. The molecule has 0 spiro atoms. The number of furan rings is 1. The largest absolute Gasteiger partial charge is 0.496 e. The molecule has 1 aliphatic carbocycles. The van der Waals surface area contributed by atoms with Crippen LogP contribution in [0.25, 0.3) is 0 Å². The zero-order valence-corrected chi connectivity index (χ0v) is 21.4. The molecule has 0 saturated heterocycles. The number of ether oxygens (including phenoxy) is 1. The Morgan fingerprint density at radius 1 is 0.971 bits per heavy atom. The lowest BCUT2D eigenvalue weighted by Gasteiger charge is -2.42. The van der Waals surface area contributed by atoms with Crippen molar-refractivity contribution in [3.8, 4) is 5.75 Å². The first kappa shape index (κ1) is 24.1. The van der Waals surface area contributed by atoms with Gasteiger partial charge in [-0.25, -0.2) is 0 Å². The highest BCUT2D eigenvalue weighted by Gasteiger charge is 2.37. The molecule has 34 heavy (non-hydrogen) atoms. The highest BCUT2D eigenvalue weighted by Crippen LogP contribution is 2.46. The second kappa shape index (κ2) is 9.32. The van der Waals surface area contributed by atoms with Gasteiger partial charge in [0.15, 0.2) is 5.76 Å². The second-order valence-corrected chi connectivity index (χ2v) is 10.9. The normalized spacial score (nSPS) is 16.1. The van der Waals surface area contributed by atoms with E-state index in [4.69, 9.17) is 9.15 Å². The Morgan fingerprint density at radius 3 is 2.35 bits per heavy atom. The number of aryl methyl sites for hydroxylation is 1. The lowest BCUT2D eigenvalue weighted by Crippen LogP contribution is -2.34. The number of rotatable bonds is 7. The quantitative estimate of drug-likeness (QED) is 0.438. The molecule has 4 heteroatoms. The Balaban J connectivity index is 1.44. The number of hydrogen-bond acceptors (Lipinski definition) is 3. The van der Waals surface area contributed by atoms with Crippen LogP contribution in [0, 0.1) is 6.92 Å². The van der Waals surface area contributed by atoms with Gasteiger partial charge in [0.05, 0.1) is 7.11 Å². The van der Waals surface area contributed by atoms with E-state index in [2.05, 4.69) is 52.1 Å². The van der Waals surface area contributed by atoms with Crippen molar-refractivity contribution in [2.45, 2.75) is 71.1 Å². The first-order chi connectivity index (χ1) is 16.1. The zero-order chi connectivity index (χ0) is 24.5. The lowest BCUT2D eigenvalue weighted by molar-refractivity contribution is 0.0924. The van der Waals surface area contributed by atoms with Crippen molar-refractivity contribution >= 4 is 5.91 Å². The van der Waals surface area contributed by atoms with Crippen LogP contribution in [0.2, 0.25) is 0 Å². The van der Waals surface area contributed by atoms with Crippen LogP contribution >= 0.6 is 0 Å². The number of benzene rings is 2. The van der Waals surface area contributed by atoms with Crippen LogP contribution in [0.5, 0.6) is 5.75 Å². The van der Waals surface area contributed by atoms with E-state index in [9.17, 15) is 4.79 Å². The fourth-order valence-electron chi connectivity index (χ4n) is 5.05. The molecule has 0 fully saturated rings. The Bertz CT molecular complexity index is 1190. The molecule has 0 unspecified atom stereocenters. The van der Waals surface area contributed by atoms with Crippen molar-refractivity contribution in [2.24, 2.45) is 0 Å². The van der Waals surface area contributed by atoms with Gasteiger partial charge in [-0.2, -0.15) is 0 Å². The maximum Gasteiger partial charge on any atom is 0.287 e. The van der Waals surface area contributed by atoms with Crippen molar-refractivity contribution in [1.29, 1.82) is 0 Å². The van der Waals surface area contributed by atoms with E-state index in [0.717, 1.165) is 17.1 Å². The van der Waals surface area contributed by atoms with Gasteiger partial charge in [-0.05, 0) is 83.0 Å². The fraction of sp³-hybridized carbons (Fsp3) is 0.433. The summed E-state index contributed by atoms with van der Waals surface area (Å²) in [6, 6.07) is 16.3. The van der Waals surface area contributed by atoms with E-state index in [1.54, 1.807) is 13.2 Å². The highest BCUT2D eigenvalue weighted by atomic mass is 16.5. The average Bonchev–Trinajstić information content (AvgIpc) is 3.27. The summed E-state index contributed by atoms with van der Waals surface area (Å²) in [6.07, 6.45) is 3.78. The third-order valence-electron chi connectivity index (χ3n) is 7.43. The molecule has 0 bridgehead atoms. The summed E-state index contributed by atoms with van der Waals surface area (Å²) >= 11 is 0. The standard InChI is InChI=1S/C30H37NO3/c1-20-17-24-25(30(4,5)15-14-29(24,2)3)19-22(20)18-23-11-12-27(34-23)28(32)31-16-13-21-9-7-8-10-26(21)33-6/h7-12,17,19H,13-16,18H2,1-6H3,(H,31,32). The number of carbonyl (C=O) groups is 1. The first-order valence-corrected chi connectivity index (χ1v) is 12.2. The van der Waals surface area contributed by atoms with Gasteiger partial charge in [0.1, 0.15) is 11.5 Å². The molecule has 1 amide bonds. The molecule has 1 heterocycles. The predicted molar refractivity (Wildman–Crippen MR) is 137 cm³/mol. The van der Waals surface area contributed by atoms with Gasteiger partial charge in [0.25, 0.3) is 5.91 Å². The summed E-state index contributed by atoms with van der Waals surface area (Å²) in [5.41, 5.74) is 6.91. The summed E-state index contributed by atoms with van der Waals surface area (Å²) in [5, 5.41) is 2.96. The van der Waals surface area contributed by atoms with E-state index in [-0.39, 0.29) is 16.7 Å². The number of carbonyl (C=O) groups excluding carboxylic acids is 1. The van der Waals surface area contributed by atoms with Crippen molar-refractivity contribution in [1.82, 2.24) is 5.32 Å². The lowest BCUT2D eigenvalue weighted by atomic mass is 9.62. The number of methoxy groups -OCH3 is 1. The van der Waals surface area contributed by atoms with Crippen molar-refractivity contribution in [3.63, 3.8) is 0 Å². The molecule has 0 aliphatic heterocycles. The minimum Gasteiger partial charge on any atom is -0.496 e. The summed E-state index contributed by atoms with van der Waals surface area (Å²) in [6.45, 7) is 12.1. The SMILES string of the molecule is COc1ccccc1CCNC(=O)c1ccc(Cc2cc3c(cc2C)C(C)(C)CCC3(C)C)o1. The van der Waals surface area contributed by atoms with Crippen LogP contribution in [0.1, 0.15) is 84.7 Å². The molecule has 0 saturated carbocycles. The first-order valence-electron chi connectivity index (χ1n) is 12.2. The molecule has 1 N–H and O–H groups in total. The summed E-state index contributed by atoms with van der Waals surface area (Å²) in [5.74, 6) is 1.81. The minimum absolute atomic E-state index is 0.170. The molecule has 180 valence electrons. The monoisotopic (exact) mass is 459 g/mol. The van der Waals surface area contributed by atoms with Gasteiger partial charge in [0.2, 0.25) is 0 Å². The van der Waals surface area contributed by atoms with E-state index in [0.29, 0.717) is 25.1 Å². The number of amides is 1. The smallest absolute Gasteiger partial charge is 0.287 e. The molecule has 1 aliphatic rings. The highest BCUT2D eigenvalue weighted by molar-refractivity contribution is 5.91. The zero-order valence-electron chi connectivity index (χ0n) is 21.4. The van der Waals surface area contributed by atoms with Gasteiger partial charge in [-0.3, -0.25) is 4.79 Å². The summed E-state index contributed by atoms with van der Waals surface area (Å²) in [7, 11) is 1.66. The number of hydrogen-bond donors (Lipinski definition) is 1. The maximum atomic E-state index is 12.6. The van der Waals surface area contributed by atoms with Gasteiger partial charge in [-0.1, -0.05) is 58.0 Å². The molecule has 4 nitrogen and oxygen atoms in total. The van der Waals surface area contributed by atoms with Gasteiger partial charge >= 0.3 is 0 Å². The predicted octanol–water partition coefficient (Wildman–Crippen LogP) is 6.51. The second-order valence-electron chi connectivity index (χ2n) is 10.9. The number of para-hydroxylation sites is 1. The Kier molecular flexibility index (Phi) is 6.62. The van der Waals surface area contributed by atoms with Crippen molar-refractivity contribution < 1.29 is 13.9 Å². The average molecular weight is 460 g/mol. The van der Waals surface area contributed by atoms with Crippen LogP contribution in [0.4, 0.5) is 0 Å². The number of fused-ring (bicyclic) bond motifs is 1. The number of nitrogens with one attached hydrogen (secondary N) is 1. The van der Waals surface area contributed by atoms with Gasteiger partial charge in [0, 0.05) is 13.0 Å². The van der Waals surface area contributed by atoms with Gasteiger partial charge in [-0.15, -0.1) is 0 Å². The van der Waals surface area contributed by atoms with Crippen LogP contribution in [0.15, 0.2) is 52.9 Å². The van der Waals surface area contributed by atoms with Crippen LogP contribution < -0.4 is 10.1 Å². The third-order valence-corrected chi connectivity index (χ3v) is 7.43. The maximum absolute atomic E-state index is 12.6. The fourth-order valence-corrected chi connectivity index (χ4v) is 5.05. The molecule has 0 radical (unpaired) electrons. The van der Waals surface area contributed by atoms with Crippen LogP contribution in [-0.4, -0.2) is 19.6 Å². The van der Waals surface area contributed by atoms with Crippen LogP contribution in [0.3, 0.4) is 0 Å². The van der Waals surface area contributed by atoms with E-state index >= 15 is 0 Å². The molecular formula is C30H37NO3.